The number of fused-ring (bicyclic) bond motifs is 8. The molecule has 4 aliphatic rings. The minimum Gasteiger partial charge on any atom is -0.361 e. The molecule has 162 valence electrons. The lowest BCUT2D eigenvalue weighted by atomic mass is 9.52. The number of hydrogen-bond donors (Lipinski definition) is 0. The van der Waals surface area contributed by atoms with Gasteiger partial charge in [0, 0.05) is 46.7 Å². The van der Waals surface area contributed by atoms with Crippen LogP contribution in [0.4, 0.5) is 22.7 Å². The Morgan fingerprint density at radius 3 is 1.40 bits per heavy atom. The summed E-state index contributed by atoms with van der Waals surface area (Å²) < 4.78 is 0. The molecule has 0 saturated carbocycles. The SMILES string of the molecule is c1ccc2c(c1)Cc1cccc3c1N2B1c2c-3cccc2-c2cccc3c2N1c1ccccc1C3. The van der Waals surface area contributed by atoms with Gasteiger partial charge in [-0.3, -0.25) is 0 Å². The van der Waals surface area contributed by atoms with Crippen LogP contribution in [0.1, 0.15) is 22.3 Å². The maximum absolute atomic E-state index is 2.65. The molecule has 0 spiro atoms. The molecule has 0 saturated heterocycles. The molecule has 2 nitrogen and oxygen atoms in total. The van der Waals surface area contributed by atoms with Crippen LogP contribution in [-0.2, 0) is 12.8 Å². The molecule has 3 heteroatoms. The Bertz CT molecular complexity index is 1610. The van der Waals surface area contributed by atoms with Crippen molar-refractivity contribution in [2.45, 2.75) is 12.8 Å². The standard InChI is InChI=1S/C32H21BN2/c1-3-16-28-20(8-1)18-22-10-5-14-26-24-12-7-13-25-27-15-6-11-23-19-21-9-2-4-17-29(21)35(32(23)27)33(30(24)25)34(28)31(22)26/h1-17H,18-19H2. The van der Waals surface area contributed by atoms with Crippen LogP contribution in [0.25, 0.3) is 22.3 Å². The van der Waals surface area contributed by atoms with Crippen LogP contribution >= 0.6 is 0 Å². The molecule has 0 aliphatic carbocycles. The van der Waals surface area contributed by atoms with E-state index in [1.807, 2.05) is 0 Å². The van der Waals surface area contributed by atoms with E-state index in [0.717, 1.165) is 12.8 Å². The minimum atomic E-state index is 0.0754. The third kappa shape index (κ3) is 2.13. The predicted octanol–water partition coefficient (Wildman–Crippen LogP) is 6.83. The molecule has 5 aromatic rings. The second kappa shape index (κ2) is 6.25. The predicted molar refractivity (Wildman–Crippen MR) is 145 cm³/mol. The van der Waals surface area contributed by atoms with Crippen LogP contribution in [0, 0.1) is 0 Å². The van der Waals surface area contributed by atoms with Gasteiger partial charge in [-0.25, -0.2) is 0 Å². The zero-order valence-corrected chi connectivity index (χ0v) is 19.2. The summed E-state index contributed by atoms with van der Waals surface area (Å²) in [6, 6.07) is 38.7. The van der Waals surface area contributed by atoms with E-state index in [1.54, 1.807) is 0 Å². The molecule has 4 heterocycles. The summed E-state index contributed by atoms with van der Waals surface area (Å²) in [6.07, 6.45) is 1.96. The molecule has 0 aromatic heterocycles. The summed E-state index contributed by atoms with van der Waals surface area (Å²) in [7, 11) is 0. The van der Waals surface area contributed by atoms with Gasteiger partial charge in [-0.15, -0.1) is 0 Å². The van der Waals surface area contributed by atoms with Crippen LogP contribution in [0.5, 0.6) is 0 Å². The quantitative estimate of drug-likeness (QED) is 0.242. The number of benzene rings is 5. The molecule has 0 fully saturated rings. The Kier molecular flexibility index (Phi) is 3.24. The van der Waals surface area contributed by atoms with E-state index in [-0.39, 0.29) is 6.98 Å². The molecule has 0 atom stereocenters. The van der Waals surface area contributed by atoms with Gasteiger partial charge in [0.1, 0.15) is 0 Å². The first kappa shape index (κ1) is 18.1. The average molecular weight is 444 g/mol. The highest BCUT2D eigenvalue weighted by molar-refractivity contribution is 6.86. The van der Waals surface area contributed by atoms with Crippen LogP contribution in [0.2, 0.25) is 0 Å². The molecule has 4 aliphatic heterocycles. The topological polar surface area (TPSA) is 6.48 Å². The normalized spacial score (nSPS) is 15.0. The third-order valence-corrected chi connectivity index (χ3v) is 8.42. The van der Waals surface area contributed by atoms with Crippen molar-refractivity contribution in [1.82, 2.24) is 0 Å². The lowest BCUT2D eigenvalue weighted by Gasteiger charge is -2.51. The van der Waals surface area contributed by atoms with E-state index in [1.165, 1.54) is 72.7 Å². The van der Waals surface area contributed by atoms with Gasteiger partial charge in [0.15, 0.2) is 0 Å². The van der Waals surface area contributed by atoms with Crippen molar-refractivity contribution < 1.29 is 0 Å². The fourth-order valence-electron chi connectivity index (χ4n) is 7.11. The summed E-state index contributed by atoms with van der Waals surface area (Å²) in [4.78, 5) is 5.30. The highest BCUT2D eigenvalue weighted by atomic mass is 15.3. The number of para-hydroxylation sites is 4. The van der Waals surface area contributed by atoms with Crippen molar-refractivity contribution in [2.24, 2.45) is 0 Å². The number of rotatable bonds is 0. The lowest BCUT2D eigenvalue weighted by Crippen LogP contribution is -2.63. The smallest absolute Gasteiger partial charge is 0.361 e. The second-order valence-electron chi connectivity index (χ2n) is 10.1. The van der Waals surface area contributed by atoms with E-state index in [9.17, 15) is 0 Å². The molecule has 0 N–H and O–H groups in total. The van der Waals surface area contributed by atoms with E-state index < -0.39 is 0 Å². The molecule has 0 radical (unpaired) electrons. The number of anilines is 4. The highest BCUT2D eigenvalue weighted by Crippen LogP contribution is 2.54. The van der Waals surface area contributed by atoms with Crippen LogP contribution in [0.3, 0.4) is 0 Å². The van der Waals surface area contributed by atoms with Gasteiger partial charge in [-0.2, -0.15) is 0 Å². The summed E-state index contributed by atoms with van der Waals surface area (Å²) >= 11 is 0. The largest absolute Gasteiger partial charge is 0.421 e. The van der Waals surface area contributed by atoms with Crippen molar-refractivity contribution in [3.05, 3.63) is 125 Å². The van der Waals surface area contributed by atoms with E-state index in [4.69, 9.17) is 0 Å². The van der Waals surface area contributed by atoms with Crippen LogP contribution in [0.15, 0.2) is 103 Å². The monoisotopic (exact) mass is 444 g/mol. The Morgan fingerprint density at radius 2 is 0.857 bits per heavy atom. The first-order valence-corrected chi connectivity index (χ1v) is 12.5. The summed E-state index contributed by atoms with van der Waals surface area (Å²) in [5.74, 6) is 0. The molecular weight excluding hydrogens is 423 g/mol. The van der Waals surface area contributed by atoms with Crippen molar-refractivity contribution in [3.63, 3.8) is 0 Å². The van der Waals surface area contributed by atoms with E-state index in [2.05, 4.69) is 113 Å². The number of nitrogens with zero attached hydrogens (tertiary/aromatic N) is 2. The molecule has 0 bridgehead atoms. The van der Waals surface area contributed by atoms with Crippen molar-refractivity contribution in [3.8, 4) is 22.3 Å². The lowest BCUT2D eigenvalue weighted by molar-refractivity contribution is 1.07. The van der Waals surface area contributed by atoms with Gasteiger partial charge in [-0.05, 0) is 51.0 Å². The van der Waals surface area contributed by atoms with Gasteiger partial charge in [0.2, 0.25) is 0 Å². The Hall–Kier alpha value is -4.24. The molecule has 0 amide bonds. The van der Waals surface area contributed by atoms with Crippen LogP contribution in [-0.4, -0.2) is 6.98 Å². The molecule has 0 unspecified atom stereocenters. The van der Waals surface area contributed by atoms with Crippen molar-refractivity contribution >= 4 is 35.2 Å². The van der Waals surface area contributed by atoms with Crippen molar-refractivity contribution in [2.75, 3.05) is 9.62 Å². The fourth-order valence-corrected chi connectivity index (χ4v) is 7.11. The third-order valence-electron chi connectivity index (χ3n) is 8.42. The fraction of sp³-hybridized carbons (Fsp3) is 0.0625. The van der Waals surface area contributed by atoms with E-state index in [0.29, 0.717) is 0 Å². The minimum absolute atomic E-state index is 0.0754. The Morgan fingerprint density at radius 1 is 0.429 bits per heavy atom. The molecular formula is C32H21BN2. The zero-order chi connectivity index (χ0) is 22.7. The van der Waals surface area contributed by atoms with Crippen molar-refractivity contribution in [1.29, 1.82) is 0 Å². The van der Waals surface area contributed by atoms with Gasteiger partial charge >= 0.3 is 6.98 Å². The molecule has 5 aromatic carbocycles. The maximum Gasteiger partial charge on any atom is 0.421 e. The Balaban J connectivity index is 1.47. The molecule has 9 rings (SSSR count). The first-order chi connectivity index (χ1) is 17.4. The second-order valence-corrected chi connectivity index (χ2v) is 10.1. The van der Waals surface area contributed by atoms with E-state index >= 15 is 0 Å². The molecule has 35 heavy (non-hydrogen) atoms. The van der Waals surface area contributed by atoms with Gasteiger partial charge in [-0.1, -0.05) is 91.0 Å². The summed E-state index contributed by atoms with van der Waals surface area (Å²) in [6.45, 7) is 0.0754. The summed E-state index contributed by atoms with van der Waals surface area (Å²) in [5, 5.41) is 0. The van der Waals surface area contributed by atoms with Gasteiger partial charge < -0.3 is 9.62 Å². The Labute approximate surface area is 205 Å². The number of hydrogen-bond acceptors (Lipinski definition) is 2. The zero-order valence-electron chi connectivity index (χ0n) is 19.2. The van der Waals surface area contributed by atoms with Gasteiger partial charge in [0.25, 0.3) is 0 Å². The highest BCUT2D eigenvalue weighted by Gasteiger charge is 2.50. The summed E-state index contributed by atoms with van der Waals surface area (Å²) in [5.41, 5.74) is 18.0. The maximum atomic E-state index is 2.65. The average Bonchev–Trinajstić information content (AvgIpc) is 2.91. The van der Waals surface area contributed by atoms with Gasteiger partial charge in [0.05, 0.1) is 0 Å². The first-order valence-electron chi connectivity index (χ1n) is 12.5. The van der Waals surface area contributed by atoms with Crippen LogP contribution < -0.4 is 15.1 Å².